The van der Waals surface area contributed by atoms with E-state index in [0.29, 0.717) is 52.5 Å². The summed E-state index contributed by atoms with van der Waals surface area (Å²) in [5, 5.41) is 15.3. The van der Waals surface area contributed by atoms with Gasteiger partial charge in [-0.05, 0) is 53.7 Å². The third-order valence-electron chi connectivity index (χ3n) is 6.15. The molecule has 1 spiro atoms. The zero-order valence-electron chi connectivity index (χ0n) is 17.8. The summed E-state index contributed by atoms with van der Waals surface area (Å²) >= 11 is 3.53. The van der Waals surface area contributed by atoms with Crippen molar-refractivity contribution in [2.24, 2.45) is 0 Å². The van der Waals surface area contributed by atoms with Crippen molar-refractivity contribution < 1.29 is 19.2 Å². The summed E-state index contributed by atoms with van der Waals surface area (Å²) in [5.74, 6) is 0.0789. The first-order chi connectivity index (χ1) is 15.4. The van der Waals surface area contributed by atoms with Crippen LogP contribution in [0.2, 0.25) is 0 Å². The summed E-state index contributed by atoms with van der Waals surface area (Å²) in [5.41, 5.74) is 0.558. The van der Waals surface area contributed by atoms with Crippen LogP contribution in [0, 0.1) is 10.1 Å². The van der Waals surface area contributed by atoms with Gasteiger partial charge in [-0.25, -0.2) is 0 Å². The fraction of sp³-hybridized carbons (Fsp3) is 0.348. The number of nitro groups is 1. The Hall–Kier alpha value is -2.91. The molecule has 2 heterocycles. The molecule has 1 amide bonds. The molecule has 2 aromatic rings. The predicted molar refractivity (Wildman–Crippen MR) is 124 cm³/mol. The average Bonchev–Trinajstić information content (AvgIpc) is 3.23. The number of para-hydroxylation sites is 1. The van der Waals surface area contributed by atoms with Crippen LogP contribution in [0.5, 0.6) is 11.5 Å². The van der Waals surface area contributed by atoms with Crippen LogP contribution in [-0.4, -0.2) is 48.6 Å². The van der Waals surface area contributed by atoms with Crippen molar-refractivity contribution in [1.29, 1.82) is 0 Å². The minimum absolute atomic E-state index is 0.293. The van der Waals surface area contributed by atoms with Gasteiger partial charge in [-0.3, -0.25) is 19.8 Å². The van der Waals surface area contributed by atoms with Gasteiger partial charge in [0.05, 0.1) is 17.0 Å². The lowest BCUT2D eigenvalue weighted by atomic mass is 9.79. The molecule has 0 aliphatic carbocycles. The number of carbonyl (C=O) groups is 1. The maximum Gasteiger partial charge on any atom is 0.256 e. The molecule has 8 nitrogen and oxygen atoms in total. The number of hydrogen-bond donors (Lipinski definition) is 1. The Morgan fingerprint density at radius 2 is 2.12 bits per heavy atom. The maximum atomic E-state index is 13.2. The number of nitrogens with zero attached hydrogens (tertiary/aromatic N) is 2. The number of hydrogen-bond acceptors (Lipinski definition) is 6. The van der Waals surface area contributed by atoms with E-state index in [4.69, 9.17) is 9.47 Å². The van der Waals surface area contributed by atoms with Crippen LogP contribution >= 0.6 is 15.9 Å². The highest BCUT2D eigenvalue weighted by atomic mass is 79.9. The van der Waals surface area contributed by atoms with Gasteiger partial charge in [-0.15, -0.1) is 0 Å². The van der Waals surface area contributed by atoms with Crippen LogP contribution in [0.3, 0.4) is 0 Å². The molecule has 0 aromatic heterocycles. The number of amides is 1. The first-order valence-corrected chi connectivity index (χ1v) is 11.1. The molecule has 9 heteroatoms. The second-order valence-corrected chi connectivity index (χ2v) is 8.70. The molecule has 168 valence electrons. The lowest BCUT2D eigenvalue weighted by Gasteiger charge is -2.30. The van der Waals surface area contributed by atoms with Gasteiger partial charge in [0.25, 0.3) is 11.9 Å². The SMILES string of the molecule is C=CCOc1c(Br)cc([C@@H]2CN(C)[C@]3(C(=O)Nc4ccccc43)[C@@H]2[N+](=O)[O-])cc1OCC. The molecular weight excluding hydrogens is 478 g/mol. The fourth-order valence-corrected chi connectivity index (χ4v) is 5.50. The standard InChI is InChI=1S/C23H24BrN3O5/c1-4-10-32-20-17(24)11-14(12-19(20)31-5-2)15-13-26(3)23(21(15)27(29)30)16-8-6-7-9-18(16)25-22(23)28/h4,6-9,11-12,15,21H,1,5,10,13H2,2-3H3,(H,25,28)/t15-,21+,23-/m0/s1. The lowest BCUT2D eigenvalue weighted by Crippen LogP contribution is -2.54. The molecule has 4 rings (SSSR count). The molecule has 1 saturated heterocycles. The van der Waals surface area contributed by atoms with Crippen LogP contribution in [0.15, 0.2) is 53.5 Å². The maximum absolute atomic E-state index is 13.2. The van der Waals surface area contributed by atoms with Gasteiger partial charge in [0.2, 0.25) is 0 Å². The van der Waals surface area contributed by atoms with Gasteiger partial charge in [0, 0.05) is 22.7 Å². The number of fused-ring (bicyclic) bond motifs is 2. The number of rotatable bonds is 7. The molecule has 3 atom stereocenters. The largest absolute Gasteiger partial charge is 0.490 e. The first-order valence-electron chi connectivity index (χ1n) is 10.3. The number of likely N-dealkylation sites (tertiary alicyclic amines) is 1. The van der Waals surface area contributed by atoms with Crippen LogP contribution in [0.1, 0.15) is 24.0 Å². The van der Waals surface area contributed by atoms with Crippen LogP contribution < -0.4 is 14.8 Å². The van der Waals surface area contributed by atoms with Gasteiger partial charge in [0.1, 0.15) is 6.61 Å². The molecule has 0 unspecified atom stereocenters. The zero-order chi connectivity index (χ0) is 23.0. The third kappa shape index (κ3) is 3.27. The van der Waals surface area contributed by atoms with E-state index in [-0.39, 0.29) is 10.8 Å². The van der Waals surface area contributed by atoms with Crippen molar-refractivity contribution in [2.45, 2.75) is 24.4 Å². The van der Waals surface area contributed by atoms with E-state index >= 15 is 0 Å². The number of likely N-dealkylation sites (N-methyl/N-ethyl adjacent to an activating group) is 1. The molecule has 32 heavy (non-hydrogen) atoms. The van der Waals surface area contributed by atoms with E-state index < -0.39 is 17.5 Å². The summed E-state index contributed by atoms with van der Waals surface area (Å²) < 4.78 is 12.1. The highest BCUT2D eigenvalue weighted by Crippen LogP contribution is 2.53. The monoisotopic (exact) mass is 501 g/mol. The van der Waals surface area contributed by atoms with Crippen LogP contribution in [-0.2, 0) is 10.3 Å². The van der Waals surface area contributed by atoms with Gasteiger partial charge < -0.3 is 14.8 Å². The Kier molecular flexibility index (Phi) is 5.96. The lowest BCUT2D eigenvalue weighted by molar-refractivity contribution is -0.534. The highest BCUT2D eigenvalue weighted by Gasteiger charge is 2.68. The second kappa shape index (κ2) is 8.55. The van der Waals surface area contributed by atoms with E-state index in [1.165, 1.54) is 0 Å². The molecular formula is C23H24BrN3O5. The summed E-state index contributed by atoms with van der Waals surface area (Å²) in [6, 6.07) is 9.57. The average molecular weight is 502 g/mol. The number of ether oxygens (including phenoxy) is 2. The Morgan fingerprint density at radius 3 is 2.81 bits per heavy atom. The van der Waals surface area contributed by atoms with Crippen molar-refractivity contribution in [2.75, 3.05) is 32.1 Å². The summed E-state index contributed by atoms with van der Waals surface area (Å²) in [7, 11) is 1.76. The van der Waals surface area contributed by atoms with E-state index in [1.807, 2.05) is 13.0 Å². The molecule has 2 aliphatic rings. The van der Waals surface area contributed by atoms with Crippen molar-refractivity contribution in [3.63, 3.8) is 0 Å². The van der Waals surface area contributed by atoms with Gasteiger partial charge in [-0.1, -0.05) is 30.9 Å². The Morgan fingerprint density at radius 1 is 1.38 bits per heavy atom. The third-order valence-corrected chi connectivity index (χ3v) is 6.74. The zero-order valence-corrected chi connectivity index (χ0v) is 19.4. The summed E-state index contributed by atoms with van der Waals surface area (Å²) in [6.45, 7) is 6.55. The second-order valence-electron chi connectivity index (χ2n) is 7.85. The number of halogens is 1. The van der Waals surface area contributed by atoms with E-state index in [1.54, 1.807) is 48.4 Å². The van der Waals surface area contributed by atoms with Crippen molar-refractivity contribution >= 4 is 27.5 Å². The molecule has 2 aliphatic heterocycles. The number of carbonyl (C=O) groups excluding carboxylic acids is 1. The summed E-state index contributed by atoms with van der Waals surface area (Å²) in [6.07, 6.45) is 1.63. The molecule has 0 radical (unpaired) electrons. The Labute approximate surface area is 194 Å². The number of nitrogens with one attached hydrogen (secondary N) is 1. The number of benzene rings is 2. The minimum Gasteiger partial charge on any atom is -0.490 e. The van der Waals surface area contributed by atoms with Gasteiger partial charge in [-0.2, -0.15) is 0 Å². The Balaban J connectivity index is 1.84. The first kappa shape index (κ1) is 22.3. The number of anilines is 1. The summed E-state index contributed by atoms with van der Waals surface area (Å²) in [4.78, 5) is 27.2. The molecule has 1 fully saturated rings. The molecule has 2 aromatic carbocycles. The Bertz CT molecular complexity index is 1090. The smallest absolute Gasteiger partial charge is 0.256 e. The molecule has 0 bridgehead atoms. The van der Waals surface area contributed by atoms with E-state index in [9.17, 15) is 14.9 Å². The molecule has 1 N–H and O–H groups in total. The predicted octanol–water partition coefficient (Wildman–Crippen LogP) is 3.93. The van der Waals surface area contributed by atoms with Crippen LogP contribution in [0.4, 0.5) is 5.69 Å². The highest BCUT2D eigenvalue weighted by molar-refractivity contribution is 9.10. The van der Waals surface area contributed by atoms with Gasteiger partial charge in [0.15, 0.2) is 17.0 Å². The van der Waals surface area contributed by atoms with E-state index in [0.717, 1.165) is 0 Å². The molecule has 0 saturated carbocycles. The van der Waals surface area contributed by atoms with Crippen molar-refractivity contribution in [1.82, 2.24) is 4.90 Å². The normalized spacial score (nSPS) is 24.3. The van der Waals surface area contributed by atoms with Gasteiger partial charge >= 0.3 is 0 Å². The quantitative estimate of drug-likeness (QED) is 0.350. The fourth-order valence-electron chi connectivity index (χ4n) is 4.93. The van der Waals surface area contributed by atoms with Crippen molar-refractivity contribution in [3.8, 4) is 11.5 Å². The topological polar surface area (TPSA) is 93.9 Å². The minimum atomic E-state index is -1.39. The van der Waals surface area contributed by atoms with E-state index in [2.05, 4.69) is 27.8 Å². The van der Waals surface area contributed by atoms with Crippen LogP contribution in [0.25, 0.3) is 0 Å². The van der Waals surface area contributed by atoms with Crippen molar-refractivity contribution in [3.05, 3.63) is 74.8 Å².